The van der Waals surface area contributed by atoms with Gasteiger partial charge < -0.3 is 13.9 Å². The molecule has 0 fully saturated rings. The molecule has 0 radical (unpaired) electrons. The lowest BCUT2D eigenvalue weighted by atomic mass is 10.1. The molecule has 0 aliphatic rings. The van der Waals surface area contributed by atoms with Crippen LogP contribution in [0.25, 0.3) is 23.3 Å². The Balaban J connectivity index is 1.89. The minimum atomic E-state index is -3.11. The van der Waals surface area contributed by atoms with Crippen molar-refractivity contribution in [3.8, 4) is 11.5 Å². The quantitative estimate of drug-likeness (QED) is 0.571. The molecule has 0 bridgehead atoms. The Morgan fingerprint density at radius 3 is 2.40 bits per heavy atom. The highest BCUT2D eigenvalue weighted by Crippen LogP contribution is 2.29. The van der Waals surface area contributed by atoms with Crippen LogP contribution in [0.1, 0.15) is 11.5 Å². The SMILES string of the molecule is FC(F)Oc1ccc(/C=C\c2nc3ccccc3o2)c(OC(F)F)c1. The second kappa shape index (κ2) is 7.25. The van der Waals surface area contributed by atoms with Gasteiger partial charge in [0.15, 0.2) is 5.58 Å². The zero-order valence-corrected chi connectivity index (χ0v) is 12.5. The van der Waals surface area contributed by atoms with Crippen molar-refractivity contribution < 1.29 is 31.5 Å². The van der Waals surface area contributed by atoms with Crippen molar-refractivity contribution in [1.29, 1.82) is 0 Å². The summed E-state index contributed by atoms with van der Waals surface area (Å²) in [5.74, 6) is -0.331. The maximum atomic E-state index is 12.5. The minimum absolute atomic E-state index is 0.226. The van der Waals surface area contributed by atoms with Crippen LogP contribution in [0.15, 0.2) is 46.9 Å². The Morgan fingerprint density at radius 2 is 1.68 bits per heavy atom. The van der Waals surface area contributed by atoms with E-state index in [4.69, 9.17) is 4.42 Å². The highest BCUT2D eigenvalue weighted by Gasteiger charge is 2.12. The zero-order valence-electron chi connectivity index (χ0n) is 12.5. The topological polar surface area (TPSA) is 44.5 Å². The van der Waals surface area contributed by atoms with Gasteiger partial charge in [0.25, 0.3) is 0 Å². The Hall–Kier alpha value is -3.03. The van der Waals surface area contributed by atoms with Crippen molar-refractivity contribution >= 4 is 23.3 Å². The molecule has 130 valence electrons. The van der Waals surface area contributed by atoms with E-state index >= 15 is 0 Å². The second-order valence-electron chi connectivity index (χ2n) is 4.81. The molecule has 0 spiro atoms. The van der Waals surface area contributed by atoms with Crippen LogP contribution in [-0.2, 0) is 0 Å². The summed E-state index contributed by atoms with van der Waals surface area (Å²) in [6.07, 6.45) is 2.88. The van der Waals surface area contributed by atoms with Gasteiger partial charge in [0.1, 0.15) is 17.0 Å². The molecule has 0 saturated carbocycles. The lowest BCUT2D eigenvalue weighted by Gasteiger charge is -2.11. The van der Waals surface area contributed by atoms with Gasteiger partial charge in [-0.05, 0) is 30.3 Å². The molecule has 0 N–H and O–H groups in total. The first-order valence-electron chi connectivity index (χ1n) is 7.08. The fourth-order valence-electron chi connectivity index (χ4n) is 2.15. The molecule has 1 aromatic heterocycles. The summed E-state index contributed by atoms with van der Waals surface area (Å²) in [5, 5.41) is 0. The van der Waals surface area contributed by atoms with Crippen molar-refractivity contribution in [3.63, 3.8) is 0 Å². The number of nitrogens with zero attached hydrogens (tertiary/aromatic N) is 1. The summed E-state index contributed by atoms with van der Waals surface area (Å²) in [7, 11) is 0. The van der Waals surface area contributed by atoms with E-state index < -0.39 is 13.2 Å². The van der Waals surface area contributed by atoms with Crippen molar-refractivity contribution in [2.24, 2.45) is 0 Å². The van der Waals surface area contributed by atoms with Gasteiger partial charge in [-0.15, -0.1) is 0 Å². The molecular weight excluding hydrogens is 342 g/mol. The van der Waals surface area contributed by atoms with Gasteiger partial charge in [-0.1, -0.05) is 12.1 Å². The van der Waals surface area contributed by atoms with E-state index in [1.165, 1.54) is 24.3 Å². The van der Waals surface area contributed by atoms with Gasteiger partial charge in [0.2, 0.25) is 5.89 Å². The Kier molecular flexibility index (Phi) is 4.87. The molecule has 1 heterocycles. The lowest BCUT2D eigenvalue weighted by molar-refractivity contribution is -0.0543. The Bertz CT molecular complexity index is 859. The molecule has 8 heteroatoms. The first-order valence-corrected chi connectivity index (χ1v) is 7.08. The summed E-state index contributed by atoms with van der Waals surface area (Å²) < 4.78 is 63.6. The number of rotatable bonds is 6. The van der Waals surface area contributed by atoms with Crippen LogP contribution < -0.4 is 9.47 Å². The number of hydrogen-bond donors (Lipinski definition) is 0. The molecule has 0 unspecified atom stereocenters. The largest absolute Gasteiger partial charge is 0.437 e. The van der Waals surface area contributed by atoms with Gasteiger partial charge >= 0.3 is 13.2 Å². The number of fused-ring (bicyclic) bond motifs is 1. The predicted molar refractivity (Wildman–Crippen MR) is 82.6 cm³/mol. The van der Waals surface area contributed by atoms with Gasteiger partial charge in [-0.25, -0.2) is 4.98 Å². The van der Waals surface area contributed by atoms with Crippen molar-refractivity contribution in [2.75, 3.05) is 0 Å². The fraction of sp³-hybridized carbons (Fsp3) is 0.118. The number of alkyl halides is 4. The summed E-state index contributed by atoms with van der Waals surface area (Å²) in [6, 6.07) is 10.6. The van der Waals surface area contributed by atoms with E-state index in [1.54, 1.807) is 24.3 Å². The standard InChI is InChI=1S/C17H11F4NO3/c18-16(19)23-11-7-5-10(14(9-11)25-17(20)21)6-8-15-22-12-3-1-2-4-13(12)24-15/h1-9,16-17H/b8-6-. The van der Waals surface area contributed by atoms with Crippen LogP contribution in [0.4, 0.5) is 17.6 Å². The molecule has 0 aliphatic carbocycles. The van der Waals surface area contributed by atoms with Crippen LogP contribution in [0.3, 0.4) is 0 Å². The number of para-hydroxylation sites is 2. The van der Waals surface area contributed by atoms with E-state index in [9.17, 15) is 17.6 Å². The lowest BCUT2D eigenvalue weighted by Crippen LogP contribution is -2.05. The summed E-state index contributed by atoms with van der Waals surface area (Å²) in [4.78, 5) is 4.21. The summed E-state index contributed by atoms with van der Waals surface area (Å²) in [6.45, 7) is -6.18. The molecule has 2 aromatic carbocycles. The van der Waals surface area contributed by atoms with Crippen LogP contribution >= 0.6 is 0 Å². The molecule has 3 aromatic rings. The van der Waals surface area contributed by atoms with Crippen LogP contribution in [0.5, 0.6) is 11.5 Å². The normalized spacial score (nSPS) is 11.8. The van der Waals surface area contributed by atoms with E-state index in [-0.39, 0.29) is 23.0 Å². The number of benzene rings is 2. The average molecular weight is 353 g/mol. The zero-order chi connectivity index (χ0) is 17.8. The summed E-state index contributed by atoms with van der Waals surface area (Å²) >= 11 is 0. The van der Waals surface area contributed by atoms with E-state index in [1.807, 2.05) is 0 Å². The first kappa shape index (κ1) is 16.8. The van der Waals surface area contributed by atoms with Crippen molar-refractivity contribution in [2.45, 2.75) is 13.2 Å². The maximum Gasteiger partial charge on any atom is 0.387 e. The minimum Gasteiger partial charge on any atom is -0.437 e. The number of ether oxygens (including phenoxy) is 2. The smallest absolute Gasteiger partial charge is 0.387 e. The Morgan fingerprint density at radius 1 is 0.920 bits per heavy atom. The molecule has 0 aliphatic heterocycles. The van der Waals surface area contributed by atoms with Crippen LogP contribution in [0, 0.1) is 0 Å². The number of oxazole rings is 1. The molecule has 0 saturated heterocycles. The van der Waals surface area contributed by atoms with Crippen molar-refractivity contribution in [1.82, 2.24) is 4.98 Å². The molecule has 3 rings (SSSR count). The van der Waals surface area contributed by atoms with Crippen molar-refractivity contribution in [3.05, 3.63) is 53.9 Å². The highest BCUT2D eigenvalue weighted by atomic mass is 19.3. The van der Waals surface area contributed by atoms with E-state index in [0.717, 1.165) is 6.07 Å². The first-order chi connectivity index (χ1) is 12.0. The second-order valence-corrected chi connectivity index (χ2v) is 4.81. The van der Waals surface area contributed by atoms with Crippen LogP contribution in [0.2, 0.25) is 0 Å². The third-order valence-electron chi connectivity index (χ3n) is 3.14. The number of halogens is 4. The molecule has 0 amide bonds. The molecular formula is C17H11F4NO3. The number of hydrogen-bond acceptors (Lipinski definition) is 4. The van der Waals surface area contributed by atoms with E-state index in [0.29, 0.717) is 11.1 Å². The van der Waals surface area contributed by atoms with Crippen LogP contribution in [-0.4, -0.2) is 18.2 Å². The highest BCUT2D eigenvalue weighted by molar-refractivity contribution is 5.76. The predicted octanol–water partition coefficient (Wildman–Crippen LogP) is 5.20. The summed E-state index contributed by atoms with van der Waals surface area (Å²) in [5.41, 5.74) is 1.45. The monoisotopic (exact) mass is 353 g/mol. The molecule has 0 atom stereocenters. The van der Waals surface area contributed by atoms with Gasteiger partial charge in [-0.2, -0.15) is 17.6 Å². The van der Waals surface area contributed by atoms with Gasteiger partial charge in [0.05, 0.1) is 0 Å². The molecule has 25 heavy (non-hydrogen) atoms. The third kappa shape index (κ3) is 4.28. The van der Waals surface area contributed by atoms with Gasteiger partial charge in [0, 0.05) is 17.7 Å². The third-order valence-corrected chi connectivity index (χ3v) is 3.14. The number of aromatic nitrogens is 1. The molecule has 4 nitrogen and oxygen atoms in total. The van der Waals surface area contributed by atoms with Gasteiger partial charge in [-0.3, -0.25) is 0 Å². The average Bonchev–Trinajstić information content (AvgIpc) is 2.96. The van der Waals surface area contributed by atoms with E-state index in [2.05, 4.69) is 14.5 Å². The fourth-order valence-corrected chi connectivity index (χ4v) is 2.15. The maximum absolute atomic E-state index is 12.5. The Labute approximate surface area is 139 Å².